The predicted octanol–water partition coefficient (Wildman–Crippen LogP) is 7.75. The number of nitrogens with one attached hydrogen (secondary N) is 1. The number of carboxylic acids is 1. The van der Waals surface area contributed by atoms with Crippen LogP contribution < -0.4 is 4.72 Å². The van der Waals surface area contributed by atoms with Crippen LogP contribution in [-0.2, 0) is 10.0 Å². The number of aromatic nitrogens is 2. The van der Waals surface area contributed by atoms with Crippen LogP contribution in [-0.4, -0.2) is 35.3 Å². The number of imidazole rings is 1. The summed E-state index contributed by atoms with van der Waals surface area (Å²) in [4.78, 5) is 16.1. The Hall–Kier alpha value is -4.37. The molecule has 0 saturated heterocycles. The molecule has 10 heteroatoms. The normalized spacial score (nSPS) is 11.6. The Morgan fingerprint density at radius 3 is 2.29 bits per heavy atom. The molecule has 0 spiro atoms. The van der Waals surface area contributed by atoms with E-state index in [2.05, 4.69) is 4.72 Å². The number of carbonyl (C=O) groups is 1. The molecule has 41 heavy (non-hydrogen) atoms. The zero-order valence-corrected chi connectivity index (χ0v) is 24.0. The van der Waals surface area contributed by atoms with Crippen molar-refractivity contribution in [3.05, 3.63) is 124 Å². The summed E-state index contributed by atoms with van der Waals surface area (Å²) in [5, 5.41) is 10.3. The molecule has 1 aromatic heterocycles. The lowest BCUT2D eigenvalue weighted by Gasteiger charge is -2.07. The smallest absolute Gasteiger partial charge is 0.335 e. The fourth-order valence-electron chi connectivity index (χ4n) is 4.24. The molecule has 0 radical (unpaired) electrons. The van der Waals surface area contributed by atoms with Crippen LogP contribution in [0.4, 0.5) is 5.69 Å². The SMILES string of the molecule is CS(=O)(=O)Nc1cccc(-c2ccc(C=Cc3nc(-c4ccc(Cl)cc4Cl)cn3-c3ccc(C(=O)O)cc3)cc2)c1. The molecule has 5 aromatic rings. The number of aromatic carboxylic acids is 1. The number of carboxylic acid groups (broad SMARTS) is 1. The van der Waals surface area contributed by atoms with Crippen molar-refractivity contribution in [2.45, 2.75) is 0 Å². The molecule has 0 amide bonds. The van der Waals surface area contributed by atoms with Crippen molar-refractivity contribution < 1.29 is 18.3 Å². The maximum atomic E-state index is 11.6. The molecule has 7 nitrogen and oxygen atoms in total. The summed E-state index contributed by atoms with van der Waals surface area (Å²) >= 11 is 12.5. The molecule has 0 aliphatic carbocycles. The van der Waals surface area contributed by atoms with Crippen LogP contribution in [0, 0.1) is 0 Å². The van der Waals surface area contributed by atoms with Gasteiger partial charge in [0.15, 0.2) is 0 Å². The van der Waals surface area contributed by atoms with Crippen molar-refractivity contribution in [3.63, 3.8) is 0 Å². The predicted molar refractivity (Wildman–Crippen MR) is 165 cm³/mol. The van der Waals surface area contributed by atoms with E-state index in [9.17, 15) is 18.3 Å². The van der Waals surface area contributed by atoms with Gasteiger partial charge in [-0.1, -0.05) is 65.7 Å². The number of hydrogen-bond donors (Lipinski definition) is 2. The molecule has 4 aromatic carbocycles. The Bertz CT molecular complexity index is 1880. The van der Waals surface area contributed by atoms with Gasteiger partial charge in [-0.05, 0) is 77.4 Å². The van der Waals surface area contributed by atoms with Gasteiger partial charge < -0.3 is 5.11 Å². The van der Waals surface area contributed by atoms with Gasteiger partial charge in [-0.15, -0.1) is 0 Å². The molecule has 0 saturated carbocycles. The van der Waals surface area contributed by atoms with Gasteiger partial charge in [0.1, 0.15) is 5.82 Å². The first-order valence-electron chi connectivity index (χ1n) is 12.3. The highest BCUT2D eigenvalue weighted by Crippen LogP contribution is 2.31. The van der Waals surface area contributed by atoms with Crippen molar-refractivity contribution in [3.8, 4) is 28.1 Å². The number of halogens is 2. The fourth-order valence-corrected chi connectivity index (χ4v) is 5.30. The molecular formula is C31H23Cl2N3O4S. The zero-order chi connectivity index (χ0) is 29.1. The first-order valence-corrected chi connectivity index (χ1v) is 15.0. The van der Waals surface area contributed by atoms with E-state index in [1.807, 2.05) is 53.2 Å². The van der Waals surface area contributed by atoms with Gasteiger partial charge >= 0.3 is 5.97 Å². The third-order valence-corrected chi connectivity index (χ3v) is 7.32. The van der Waals surface area contributed by atoms with Crippen LogP contribution in [0.15, 0.2) is 97.2 Å². The largest absolute Gasteiger partial charge is 0.478 e. The molecule has 0 bridgehead atoms. The molecule has 0 unspecified atom stereocenters. The van der Waals surface area contributed by atoms with E-state index in [0.717, 1.165) is 28.6 Å². The number of hydrogen-bond acceptors (Lipinski definition) is 4. The van der Waals surface area contributed by atoms with Gasteiger partial charge in [0, 0.05) is 28.2 Å². The lowest BCUT2D eigenvalue weighted by Crippen LogP contribution is -2.09. The molecule has 1 heterocycles. The van der Waals surface area contributed by atoms with Crippen LogP contribution in [0.2, 0.25) is 10.0 Å². The summed E-state index contributed by atoms with van der Waals surface area (Å²) in [6.07, 6.45) is 6.74. The number of benzene rings is 4. The molecular weight excluding hydrogens is 581 g/mol. The van der Waals surface area contributed by atoms with Gasteiger partial charge in [-0.2, -0.15) is 0 Å². The maximum absolute atomic E-state index is 11.6. The lowest BCUT2D eigenvalue weighted by atomic mass is 10.0. The van der Waals surface area contributed by atoms with Gasteiger partial charge in [0.2, 0.25) is 10.0 Å². The van der Waals surface area contributed by atoms with Crippen LogP contribution >= 0.6 is 23.2 Å². The monoisotopic (exact) mass is 603 g/mol. The van der Waals surface area contributed by atoms with E-state index in [-0.39, 0.29) is 5.56 Å². The molecule has 5 rings (SSSR count). The first kappa shape index (κ1) is 28.2. The van der Waals surface area contributed by atoms with Crippen LogP contribution in [0.1, 0.15) is 21.7 Å². The quantitative estimate of drug-likeness (QED) is 0.189. The highest BCUT2D eigenvalue weighted by Gasteiger charge is 2.13. The van der Waals surface area contributed by atoms with Crippen LogP contribution in [0.3, 0.4) is 0 Å². The molecule has 0 aliphatic heterocycles. The minimum absolute atomic E-state index is 0.185. The summed E-state index contributed by atoms with van der Waals surface area (Å²) in [6, 6.07) is 26.7. The Kier molecular flexibility index (Phi) is 7.99. The summed E-state index contributed by atoms with van der Waals surface area (Å²) < 4.78 is 27.5. The Labute approximate surface area is 247 Å². The maximum Gasteiger partial charge on any atom is 0.335 e. The van der Waals surface area contributed by atoms with Crippen LogP contribution in [0.25, 0.3) is 40.2 Å². The Balaban J connectivity index is 1.47. The minimum Gasteiger partial charge on any atom is -0.478 e. The molecule has 0 atom stereocenters. The summed E-state index contributed by atoms with van der Waals surface area (Å²) in [5.41, 5.74) is 5.48. The number of sulfonamides is 1. The summed E-state index contributed by atoms with van der Waals surface area (Å²) in [5.74, 6) is -0.393. The van der Waals surface area contributed by atoms with Gasteiger partial charge in [0.05, 0.1) is 22.5 Å². The molecule has 0 aliphatic rings. The van der Waals surface area contributed by atoms with E-state index in [1.165, 1.54) is 0 Å². The molecule has 206 valence electrons. The van der Waals surface area contributed by atoms with E-state index in [1.54, 1.807) is 60.7 Å². The third-order valence-electron chi connectivity index (χ3n) is 6.17. The van der Waals surface area contributed by atoms with E-state index >= 15 is 0 Å². The average molecular weight is 605 g/mol. The number of rotatable bonds is 8. The second-order valence-corrected chi connectivity index (χ2v) is 11.8. The van der Waals surface area contributed by atoms with Crippen molar-refractivity contribution in [2.24, 2.45) is 0 Å². The molecule has 0 fully saturated rings. The zero-order valence-electron chi connectivity index (χ0n) is 21.6. The highest BCUT2D eigenvalue weighted by atomic mass is 35.5. The minimum atomic E-state index is -3.37. The van der Waals surface area contributed by atoms with Crippen LogP contribution in [0.5, 0.6) is 0 Å². The van der Waals surface area contributed by atoms with Crippen molar-refractivity contribution in [2.75, 3.05) is 11.0 Å². The van der Waals surface area contributed by atoms with E-state index < -0.39 is 16.0 Å². The topological polar surface area (TPSA) is 101 Å². The van der Waals surface area contributed by atoms with Gasteiger partial charge in [0.25, 0.3) is 0 Å². The van der Waals surface area contributed by atoms with E-state index in [0.29, 0.717) is 32.8 Å². The summed E-state index contributed by atoms with van der Waals surface area (Å²) in [7, 11) is -3.37. The van der Waals surface area contributed by atoms with Crippen molar-refractivity contribution in [1.82, 2.24) is 9.55 Å². The molecule has 2 N–H and O–H groups in total. The Morgan fingerprint density at radius 1 is 0.902 bits per heavy atom. The second kappa shape index (κ2) is 11.6. The highest BCUT2D eigenvalue weighted by molar-refractivity contribution is 7.92. The third kappa shape index (κ3) is 6.86. The summed E-state index contributed by atoms with van der Waals surface area (Å²) in [6.45, 7) is 0. The van der Waals surface area contributed by atoms with Gasteiger partial charge in [-0.25, -0.2) is 18.2 Å². The number of anilines is 1. The van der Waals surface area contributed by atoms with Crippen molar-refractivity contribution in [1.29, 1.82) is 0 Å². The van der Waals surface area contributed by atoms with Crippen molar-refractivity contribution >= 4 is 57.0 Å². The Morgan fingerprint density at radius 2 is 1.63 bits per heavy atom. The fraction of sp³-hybridized carbons (Fsp3) is 0.0323. The number of nitrogens with zero attached hydrogens (tertiary/aromatic N) is 2. The van der Waals surface area contributed by atoms with E-state index in [4.69, 9.17) is 28.2 Å². The standard InChI is InChI=1S/C31H23Cl2N3O4S/c1-41(39,40)35-25-4-2-3-23(17-25)21-8-5-20(6-9-21)7-16-30-34-29(27-15-12-24(32)18-28(27)33)19-36(30)26-13-10-22(11-14-26)31(37)38/h2-19,35H,1H3,(H,37,38). The first-order chi connectivity index (χ1) is 19.6. The average Bonchev–Trinajstić information content (AvgIpc) is 3.35. The lowest BCUT2D eigenvalue weighted by molar-refractivity contribution is 0.0697. The van der Waals surface area contributed by atoms with Gasteiger partial charge in [-0.3, -0.25) is 9.29 Å². The second-order valence-electron chi connectivity index (χ2n) is 9.24.